The van der Waals surface area contributed by atoms with E-state index >= 15 is 0 Å². The Labute approximate surface area is 105 Å². The first kappa shape index (κ1) is 13.8. The summed E-state index contributed by atoms with van der Waals surface area (Å²) in [6.45, 7) is 11.9. The second-order valence-electron chi connectivity index (χ2n) is 4.24. The van der Waals surface area contributed by atoms with Gasteiger partial charge in [-0.15, -0.1) is 0 Å². The highest BCUT2D eigenvalue weighted by Crippen LogP contribution is 2.18. The van der Waals surface area contributed by atoms with Crippen LogP contribution in [0.4, 0.5) is 0 Å². The largest absolute Gasteiger partial charge is 0.489 e. The van der Waals surface area contributed by atoms with Crippen LogP contribution in [-0.2, 0) is 0 Å². The minimum atomic E-state index is 0.389. The van der Waals surface area contributed by atoms with E-state index in [2.05, 4.69) is 44.8 Å². The van der Waals surface area contributed by atoms with Crippen molar-refractivity contribution in [1.82, 2.24) is 5.32 Å². The van der Waals surface area contributed by atoms with Crippen molar-refractivity contribution in [1.29, 1.82) is 0 Å². The minimum Gasteiger partial charge on any atom is -0.489 e. The van der Waals surface area contributed by atoms with Gasteiger partial charge in [0.2, 0.25) is 0 Å². The quantitative estimate of drug-likeness (QED) is 0.725. The monoisotopic (exact) mass is 233 g/mol. The van der Waals surface area contributed by atoms with E-state index in [-0.39, 0.29) is 0 Å². The zero-order valence-electron chi connectivity index (χ0n) is 11.1. The highest BCUT2D eigenvalue weighted by atomic mass is 16.5. The molecule has 0 amide bonds. The molecule has 17 heavy (non-hydrogen) atoms. The van der Waals surface area contributed by atoms with Crippen LogP contribution in [0.5, 0.6) is 5.75 Å². The van der Waals surface area contributed by atoms with Crippen molar-refractivity contribution < 1.29 is 4.74 Å². The van der Waals surface area contributed by atoms with E-state index in [0.29, 0.717) is 12.6 Å². The Kier molecular flexibility index (Phi) is 5.78. The number of nitrogens with one attached hydrogen (secondary N) is 1. The molecule has 0 aliphatic carbocycles. The van der Waals surface area contributed by atoms with Crippen molar-refractivity contribution >= 4 is 0 Å². The predicted molar refractivity (Wildman–Crippen MR) is 73.5 cm³/mol. The summed E-state index contributed by atoms with van der Waals surface area (Å²) >= 11 is 0. The molecule has 0 saturated carbocycles. The summed E-state index contributed by atoms with van der Waals surface area (Å²) < 4.78 is 5.63. The Bertz CT molecular complexity index is 342. The van der Waals surface area contributed by atoms with Crippen LogP contribution in [0.3, 0.4) is 0 Å². The maximum absolute atomic E-state index is 5.63. The molecule has 2 heteroatoms. The summed E-state index contributed by atoms with van der Waals surface area (Å²) in [5, 5.41) is 3.39. The van der Waals surface area contributed by atoms with Gasteiger partial charge < -0.3 is 10.1 Å². The van der Waals surface area contributed by atoms with Gasteiger partial charge in [-0.25, -0.2) is 0 Å². The highest BCUT2D eigenvalue weighted by molar-refractivity contribution is 5.29. The zero-order valence-corrected chi connectivity index (χ0v) is 11.1. The lowest BCUT2D eigenvalue weighted by Crippen LogP contribution is -2.17. The number of hydrogen-bond acceptors (Lipinski definition) is 2. The molecule has 1 N–H and O–H groups in total. The van der Waals surface area contributed by atoms with Gasteiger partial charge in [-0.05, 0) is 43.2 Å². The minimum absolute atomic E-state index is 0.389. The van der Waals surface area contributed by atoms with Crippen LogP contribution >= 0.6 is 0 Å². The third kappa shape index (κ3) is 4.61. The normalized spacial score (nSPS) is 12.2. The maximum atomic E-state index is 5.63. The van der Waals surface area contributed by atoms with Gasteiger partial charge in [0.1, 0.15) is 12.4 Å². The number of rotatable bonds is 7. The standard InChI is InChI=1S/C15H23NO/c1-5-12(3)11-17-15-9-7-14(8-10-15)13(4)16-6-2/h7-10,13,16H,3,5-6,11H2,1-2,4H3. The first-order chi connectivity index (χ1) is 8.17. The number of benzene rings is 1. The number of ether oxygens (including phenoxy) is 1. The fourth-order valence-electron chi connectivity index (χ4n) is 1.56. The summed E-state index contributed by atoms with van der Waals surface area (Å²) in [4.78, 5) is 0. The van der Waals surface area contributed by atoms with Crippen LogP contribution in [0.15, 0.2) is 36.4 Å². The Morgan fingerprint density at radius 3 is 2.47 bits per heavy atom. The molecule has 1 aromatic carbocycles. The summed E-state index contributed by atoms with van der Waals surface area (Å²) in [6.07, 6.45) is 0.968. The summed E-state index contributed by atoms with van der Waals surface area (Å²) in [7, 11) is 0. The first-order valence-electron chi connectivity index (χ1n) is 6.30. The van der Waals surface area contributed by atoms with E-state index < -0.39 is 0 Å². The van der Waals surface area contributed by atoms with Crippen LogP contribution in [0.25, 0.3) is 0 Å². The number of hydrogen-bond donors (Lipinski definition) is 1. The van der Waals surface area contributed by atoms with Crippen LogP contribution in [0.1, 0.15) is 38.8 Å². The summed E-state index contributed by atoms with van der Waals surface area (Å²) in [5.74, 6) is 0.909. The Hall–Kier alpha value is -1.28. The van der Waals surface area contributed by atoms with Crippen molar-refractivity contribution in [2.24, 2.45) is 0 Å². The zero-order chi connectivity index (χ0) is 12.7. The van der Waals surface area contributed by atoms with Crippen molar-refractivity contribution in [3.63, 3.8) is 0 Å². The molecular formula is C15H23NO. The average Bonchev–Trinajstić information content (AvgIpc) is 2.36. The molecule has 0 bridgehead atoms. The molecule has 0 radical (unpaired) electrons. The fraction of sp³-hybridized carbons (Fsp3) is 0.467. The molecular weight excluding hydrogens is 210 g/mol. The van der Waals surface area contributed by atoms with Crippen molar-refractivity contribution in [2.75, 3.05) is 13.2 Å². The second kappa shape index (κ2) is 7.13. The Balaban J connectivity index is 2.52. The van der Waals surface area contributed by atoms with Crippen molar-refractivity contribution in [2.45, 2.75) is 33.2 Å². The third-order valence-corrected chi connectivity index (χ3v) is 2.83. The smallest absolute Gasteiger partial charge is 0.119 e. The van der Waals surface area contributed by atoms with Gasteiger partial charge >= 0.3 is 0 Å². The first-order valence-corrected chi connectivity index (χ1v) is 6.30. The van der Waals surface area contributed by atoms with E-state index in [1.165, 1.54) is 5.56 Å². The van der Waals surface area contributed by atoms with Gasteiger partial charge in [0.25, 0.3) is 0 Å². The fourth-order valence-corrected chi connectivity index (χ4v) is 1.56. The second-order valence-corrected chi connectivity index (χ2v) is 4.24. The molecule has 1 aromatic rings. The van der Waals surface area contributed by atoms with Gasteiger partial charge in [0.05, 0.1) is 0 Å². The van der Waals surface area contributed by atoms with E-state index in [9.17, 15) is 0 Å². The Morgan fingerprint density at radius 2 is 1.94 bits per heavy atom. The van der Waals surface area contributed by atoms with Gasteiger partial charge in [-0.3, -0.25) is 0 Å². The third-order valence-electron chi connectivity index (χ3n) is 2.83. The van der Waals surface area contributed by atoms with Crippen molar-refractivity contribution in [3.05, 3.63) is 42.0 Å². The van der Waals surface area contributed by atoms with Gasteiger partial charge in [-0.1, -0.05) is 32.6 Å². The topological polar surface area (TPSA) is 21.3 Å². The maximum Gasteiger partial charge on any atom is 0.119 e. The molecule has 0 aliphatic heterocycles. The highest BCUT2D eigenvalue weighted by Gasteiger charge is 2.03. The van der Waals surface area contributed by atoms with E-state index in [1.807, 2.05) is 12.1 Å². The summed E-state index contributed by atoms with van der Waals surface area (Å²) in [6, 6.07) is 8.65. The van der Waals surface area contributed by atoms with Gasteiger partial charge in [0.15, 0.2) is 0 Å². The SMILES string of the molecule is C=C(CC)COc1ccc(C(C)NCC)cc1. The lowest BCUT2D eigenvalue weighted by Gasteiger charge is -2.13. The molecule has 0 heterocycles. The van der Waals surface area contributed by atoms with Crippen LogP contribution in [0, 0.1) is 0 Å². The van der Waals surface area contributed by atoms with E-state index in [0.717, 1.165) is 24.3 Å². The molecule has 1 atom stereocenters. The van der Waals surface area contributed by atoms with Crippen LogP contribution in [-0.4, -0.2) is 13.2 Å². The van der Waals surface area contributed by atoms with Gasteiger partial charge in [-0.2, -0.15) is 0 Å². The molecule has 1 rings (SSSR count). The Morgan fingerprint density at radius 1 is 1.29 bits per heavy atom. The van der Waals surface area contributed by atoms with E-state index in [4.69, 9.17) is 4.74 Å². The van der Waals surface area contributed by atoms with Crippen LogP contribution in [0.2, 0.25) is 0 Å². The molecule has 0 aliphatic rings. The predicted octanol–water partition coefficient (Wildman–Crippen LogP) is 3.70. The molecule has 0 saturated heterocycles. The molecule has 0 spiro atoms. The summed E-state index contributed by atoms with van der Waals surface area (Å²) in [5.41, 5.74) is 2.41. The average molecular weight is 233 g/mol. The molecule has 0 aromatic heterocycles. The molecule has 0 fully saturated rings. The van der Waals surface area contributed by atoms with Crippen molar-refractivity contribution in [3.8, 4) is 5.75 Å². The molecule has 1 unspecified atom stereocenters. The van der Waals surface area contributed by atoms with E-state index in [1.54, 1.807) is 0 Å². The molecule has 94 valence electrons. The van der Waals surface area contributed by atoms with Gasteiger partial charge in [0, 0.05) is 6.04 Å². The lowest BCUT2D eigenvalue weighted by molar-refractivity contribution is 0.349. The van der Waals surface area contributed by atoms with Crippen LogP contribution < -0.4 is 10.1 Å². The molecule has 2 nitrogen and oxygen atoms in total. The lowest BCUT2D eigenvalue weighted by atomic mass is 10.1.